The van der Waals surface area contributed by atoms with Crippen molar-refractivity contribution >= 4 is 0 Å². The highest BCUT2D eigenvalue weighted by Crippen LogP contribution is 2.14. The molecule has 0 saturated carbocycles. The minimum atomic E-state index is 0.577. The Hall–Kier alpha value is -0.500. The molecule has 58 valence electrons. The molecule has 1 rings (SSSR count). The summed E-state index contributed by atoms with van der Waals surface area (Å²) in [6, 6.07) is 0. The first-order chi connectivity index (χ1) is 4.93. The van der Waals surface area contributed by atoms with Crippen molar-refractivity contribution in [2.75, 3.05) is 20.3 Å². The van der Waals surface area contributed by atoms with Gasteiger partial charge in [-0.3, -0.25) is 0 Å². The molecule has 0 aromatic heterocycles. The fourth-order valence-corrected chi connectivity index (χ4v) is 1.11. The van der Waals surface area contributed by atoms with Gasteiger partial charge in [-0.25, -0.2) is 0 Å². The van der Waals surface area contributed by atoms with E-state index in [0.717, 1.165) is 13.2 Å². The lowest BCUT2D eigenvalue weighted by molar-refractivity contribution is 0.0702. The molecule has 1 unspecified atom stereocenters. The molecule has 0 bridgehead atoms. The molecule has 10 heavy (non-hydrogen) atoms. The predicted molar refractivity (Wildman–Crippen MR) is 39.7 cm³/mol. The Morgan fingerprint density at radius 2 is 2.50 bits per heavy atom. The van der Waals surface area contributed by atoms with Crippen molar-refractivity contribution in [3.05, 3.63) is 12.3 Å². The van der Waals surface area contributed by atoms with Gasteiger partial charge in [0.2, 0.25) is 0 Å². The third-order valence-electron chi connectivity index (χ3n) is 1.68. The topological polar surface area (TPSA) is 18.5 Å². The van der Waals surface area contributed by atoms with Crippen molar-refractivity contribution in [3.8, 4) is 0 Å². The van der Waals surface area contributed by atoms with E-state index in [9.17, 15) is 0 Å². The molecule has 0 aliphatic carbocycles. The van der Waals surface area contributed by atoms with Gasteiger partial charge in [0.25, 0.3) is 0 Å². The Kier molecular flexibility index (Phi) is 3.30. The largest absolute Gasteiger partial charge is 0.505 e. The summed E-state index contributed by atoms with van der Waals surface area (Å²) in [6.45, 7) is 1.79. The second-order valence-electron chi connectivity index (χ2n) is 2.54. The average Bonchev–Trinajstić information content (AvgIpc) is 2.03. The first-order valence-electron chi connectivity index (χ1n) is 3.70. The average molecular weight is 142 g/mol. The lowest BCUT2D eigenvalue weighted by Gasteiger charge is -2.18. The van der Waals surface area contributed by atoms with Gasteiger partial charge in [-0.15, -0.1) is 0 Å². The Morgan fingerprint density at radius 1 is 1.60 bits per heavy atom. The second kappa shape index (κ2) is 4.34. The Balaban J connectivity index is 2.19. The molecule has 2 nitrogen and oxygen atoms in total. The van der Waals surface area contributed by atoms with Crippen LogP contribution in [0.3, 0.4) is 0 Å². The molecule has 0 N–H and O–H groups in total. The van der Waals surface area contributed by atoms with Gasteiger partial charge in [0.15, 0.2) is 0 Å². The number of rotatable bonds is 2. The van der Waals surface area contributed by atoms with Gasteiger partial charge in [-0.1, -0.05) is 0 Å². The highest BCUT2D eigenvalue weighted by atomic mass is 16.5. The maximum absolute atomic E-state index is 5.27. The highest BCUT2D eigenvalue weighted by Gasteiger charge is 2.09. The summed E-state index contributed by atoms with van der Waals surface area (Å²) >= 11 is 0. The van der Waals surface area contributed by atoms with Crippen molar-refractivity contribution in [2.45, 2.75) is 12.8 Å². The number of hydrogen-bond donors (Lipinski definition) is 0. The molecular weight excluding hydrogens is 128 g/mol. The van der Waals surface area contributed by atoms with Gasteiger partial charge >= 0.3 is 0 Å². The quantitative estimate of drug-likeness (QED) is 0.545. The van der Waals surface area contributed by atoms with Crippen molar-refractivity contribution in [2.24, 2.45) is 5.92 Å². The normalized spacial score (nSPS) is 27.1. The minimum Gasteiger partial charge on any atom is -0.505 e. The molecule has 1 aliphatic heterocycles. The Labute approximate surface area is 61.8 Å². The van der Waals surface area contributed by atoms with E-state index in [2.05, 4.69) is 6.08 Å². The zero-order chi connectivity index (χ0) is 7.23. The molecule has 0 spiro atoms. The summed E-state index contributed by atoms with van der Waals surface area (Å²) in [5.41, 5.74) is 0. The highest BCUT2D eigenvalue weighted by molar-refractivity contribution is 4.84. The first kappa shape index (κ1) is 7.61. The lowest BCUT2D eigenvalue weighted by Crippen LogP contribution is -2.14. The predicted octanol–water partition coefficient (Wildman–Crippen LogP) is 1.57. The number of hydrogen-bond acceptors (Lipinski definition) is 2. The van der Waals surface area contributed by atoms with E-state index in [1.165, 1.54) is 12.8 Å². The SMILES string of the molecule is COC=CC1CCCOC1. The van der Waals surface area contributed by atoms with E-state index in [1.54, 1.807) is 13.4 Å². The van der Waals surface area contributed by atoms with Crippen LogP contribution in [0, 0.1) is 5.92 Å². The van der Waals surface area contributed by atoms with Gasteiger partial charge in [0.05, 0.1) is 20.0 Å². The number of methoxy groups -OCH3 is 1. The summed E-state index contributed by atoms with van der Waals surface area (Å²) in [7, 11) is 1.67. The van der Waals surface area contributed by atoms with Gasteiger partial charge in [-0.2, -0.15) is 0 Å². The van der Waals surface area contributed by atoms with E-state index in [4.69, 9.17) is 9.47 Å². The monoisotopic (exact) mass is 142 g/mol. The molecule has 0 aromatic carbocycles. The number of ether oxygens (including phenoxy) is 2. The summed E-state index contributed by atoms with van der Waals surface area (Å²) in [5.74, 6) is 0.577. The standard InChI is InChI=1S/C8H14O2/c1-9-6-4-8-3-2-5-10-7-8/h4,6,8H,2-3,5,7H2,1H3. The summed E-state index contributed by atoms with van der Waals surface area (Å²) < 4.78 is 10.1. The second-order valence-corrected chi connectivity index (χ2v) is 2.54. The molecule has 0 radical (unpaired) electrons. The van der Waals surface area contributed by atoms with Gasteiger partial charge in [0, 0.05) is 12.5 Å². The third kappa shape index (κ3) is 2.40. The molecule has 1 atom stereocenters. The molecule has 1 saturated heterocycles. The van der Waals surface area contributed by atoms with Gasteiger partial charge in [-0.05, 0) is 18.9 Å². The van der Waals surface area contributed by atoms with E-state index < -0.39 is 0 Å². The molecule has 2 heteroatoms. The van der Waals surface area contributed by atoms with E-state index in [1.807, 2.05) is 0 Å². The Morgan fingerprint density at radius 3 is 3.10 bits per heavy atom. The van der Waals surface area contributed by atoms with Crippen LogP contribution in [0.4, 0.5) is 0 Å². The van der Waals surface area contributed by atoms with Gasteiger partial charge in [0.1, 0.15) is 0 Å². The first-order valence-corrected chi connectivity index (χ1v) is 3.70. The van der Waals surface area contributed by atoms with Crippen LogP contribution >= 0.6 is 0 Å². The zero-order valence-electron chi connectivity index (χ0n) is 6.38. The molecular formula is C8H14O2. The van der Waals surface area contributed by atoms with Crippen LogP contribution in [0.15, 0.2) is 12.3 Å². The fraction of sp³-hybridized carbons (Fsp3) is 0.750. The minimum absolute atomic E-state index is 0.577. The smallest absolute Gasteiger partial charge is 0.0788 e. The van der Waals surface area contributed by atoms with Crippen LogP contribution in [-0.4, -0.2) is 20.3 Å². The van der Waals surface area contributed by atoms with E-state index in [-0.39, 0.29) is 0 Å². The van der Waals surface area contributed by atoms with E-state index in [0.29, 0.717) is 5.92 Å². The lowest BCUT2D eigenvalue weighted by atomic mass is 10.0. The molecule has 1 fully saturated rings. The van der Waals surface area contributed by atoms with E-state index >= 15 is 0 Å². The molecule has 0 amide bonds. The van der Waals surface area contributed by atoms with Crippen LogP contribution in [0.1, 0.15) is 12.8 Å². The summed E-state index contributed by atoms with van der Waals surface area (Å²) in [4.78, 5) is 0. The molecule has 1 heterocycles. The zero-order valence-corrected chi connectivity index (χ0v) is 6.38. The summed E-state index contributed by atoms with van der Waals surface area (Å²) in [6.07, 6.45) is 6.22. The van der Waals surface area contributed by atoms with Crippen LogP contribution < -0.4 is 0 Å². The molecule has 0 aromatic rings. The van der Waals surface area contributed by atoms with Crippen molar-refractivity contribution in [1.29, 1.82) is 0 Å². The third-order valence-corrected chi connectivity index (χ3v) is 1.68. The maximum Gasteiger partial charge on any atom is 0.0788 e. The van der Waals surface area contributed by atoms with Crippen LogP contribution in [0.2, 0.25) is 0 Å². The fourth-order valence-electron chi connectivity index (χ4n) is 1.11. The maximum atomic E-state index is 5.27. The van der Waals surface area contributed by atoms with Crippen molar-refractivity contribution < 1.29 is 9.47 Å². The molecule has 1 aliphatic rings. The van der Waals surface area contributed by atoms with Crippen LogP contribution in [0.5, 0.6) is 0 Å². The van der Waals surface area contributed by atoms with Crippen LogP contribution in [-0.2, 0) is 9.47 Å². The van der Waals surface area contributed by atoms with Gasteiger partial charge < -0.3 is 9.47 Å². The van der Waals surface area contributed by atoms with Crippen LogP contribution in [0.25, 0.3) is 0 Å². The van der Waals surface area contributed by atoms with Crippen molar-refractivity contribution in [3.63, 3.8) is 0 Å². The van der Waals surface area contributed by atoms with Crippen molar-refractivity contribution in [1.82, 2.24) is 0 Å². The Bertz CT molecular complexity index is 104. The summed E-state index contributed by atoms with van der Waals surface area (Å²) in [5, 5.41) is 0.